The van der Waals surface area contributed by atoms with E-state index < -0.39 is 0 Å². The molecule has 0 aliphatic carbocycles. The van der Waals surface area contributed by atoms with Gasteiger partial charge in [-0.25, -0.2) is 0 Å². The molecule has 4 rings (SSSR count). The highest BCUT2D eigenvalue weighted by Crippen LogP contribution is 2.33. The third kappa shape index (κ3) is 3.82. The number of halogens is 1. The van der Waals surface area contributed by atoms with E-state index in [4.69, 9.17) is 11.6 Å². The van der Waals surface area contributed by atoms with Crippen LogP contribution in [-0.4, -0.2) is 54.3 Å². The van der Waals surface area contributed by atoms with Crippen molar-refractivity contribution in [3.8, 4) is 0 Å². The molecule has 0 spiro atoms. The van der Waals surface area contributed by atoms with E-state index in [0.29, 0.717) is 35.9 Å². The van der Waals surface area contributed by atoms with Crippen molar-refractivity contribution in [1.82, 2.24) is 9.80 Å². The van der Waals surface area contributed by atoms with Crippen LogP contribution in [0.2, 0.25) is 5.02 Å². The lowest BCUT2D eigenvalue weighted by Gasteiger charge is -2.37. The Bertz CT molecular complexity index is 992. The lowest BCUT2D eigenvalue weighted by Crippen LogP contribution is -2.47. The first-order valence-electron chi connectivity index (χ1n) is 10.4. The summed E-state index contributed by atoms with van der Waals surface area (Å²) < 4.78 is 0. The van der Waals surface area contributed by atoms with Gasteiger partial charge in [-0.05, 0) is 48.7 Å². The van der Waals surface area contributed by atoms with Gasteiger partial charge in [0, 0.05) is 43.4 Å². The second-order valence-corrected chi connectivity index (χ2v) is 8.24. The van der Waals surface area contributed by atoms with Gasteiger partial charge in [0.2, 0.25) is 0 Å². The second kappa shape index (κ2) is 8.52. The molecule has 0 bridgehead atoms. The van der Waals surface area contributed by atoms with Crippen LogP contribution in [0.3, 0.4) is 0 Å². The zero-order valence-corrected chi connectivity index (χ0v) is 18.2. The summed E-state index contributed by atoms with van der Waals surface area (Å²) in [6.45, 7) is 7.49. The van der Waals surface area contributed by atoms with E-state index in [1.165, 1.54) is 16.2 Å². The van der Waals surface area contributed by atoms with Crippen molar-refractivity contribution in [3.63, 3.8) is 0 Å². The zero-order valence-electron chi connectivity index (χ0n) is 17.4. The summed E-state index contributed by atoms with van der Waals surface area (Å²) in [5.74, 6) is -0.393. The molecule has 2 aliphatic heterocycles. The monoisotopic (exact) mass is 423 g/mol. The van der Waals surface area contributed by atoms with Gasteiger partial charge >= 0.3 is 0 Å². The molecule has 2 heterocycles. The lowest BCUT2D eigenvalue weighted by molar-refractivity contribution is -0.137. The third-order valence-electron chi connectivity index (χ3n) is 5.69. The fraction of sp³-hybridized carbons (Fsp3) is 0.333. The van der Waals surface area contributed by atoms with Crippen molar-refractivity contribution in [2.75, 3.05) is 37.6 Å². The largest absolute Gasteiger partial charge is 0.368 e. The average Bonchev–Trinajstić information content (AvgIpc) is 2.99. The van der Waals surface area contributed by atoms with Gasteiger partial charge in [-0.2, -0.15) is 0 Å². The molecule has 2 aromatic carbocycles. The van der Waals surface area contributed by atoms with Crippen molar-refractivity contribution in [1.29, 1.82) is 0 Å². The molecule has 0 aromatic heterocycles. The highest BCUT2D eigenvalue weighted by atomic mass is 35.5. The molecule has 0 saturated carbocycles. The van der Waals surface area contributed by atoms with Crippen molar-refractivity contribution < 1.29 is 9.59 Å². The van der Waals surface area contributed by atoms with Crippen LogP contribution >= 0.6 is 11.6 Å². The van der Waals surface area contributed by atoms with Crippen LogP contribution in [0.4, 0.5) is 5.69 Å². The number of hydrogen-bond donors (Lipinski definition) is 0. The topological polar surface area (TPSA) is 43.9 Å². The van der Waals surface area contributed by atoms with Crippen LogP contribution in [0, 0.1) is 6.92 Å². The van der Waals surface area contributed by atoms with Crippen LogP contribution in [-0.2, 0) is 9.59 Å². The number of anilines is 1. The van der Waals surface area contributed by atoms with E-state index in [0.717, 1.165) is 25.1 Å². The van der Waals surface area contributed by atoms with Crippen molar-refractivity contribution in [2.45, 2.75) is 20.3 Å². The Labute approximate surface area is 182 Å². The fourth-order valence-electron chi connectivity index (χ4n) is 4.17. The summed E-state index contributed by atoms with van der Waals surface area (Å²) in [7, 11) is 0. The van der Waals surface area contributed by atoms with Gasteiger partial charge in [0.15, 0.2) is 0 Å². The number of nitrogens with zero attached hydrogens (tertiary/aromatic N) is 3. The Morgan fingerprint density at radius 3 is 2.20 bits per heavy atom. The first-order valence-corrected chi connectivity index (χ1v) is 10.8. The Hall–Kier alpha value is -2.79. The van der Waals surface area contributed by atoms with Crippen LogP contribution < -0.4 is 4.90 Å². The first kappa shape index (κ1) is 20.5. The predicted molar refractivity (Wildman–Crippen MR) is 120 cm³/mol. The number of hydrogen-bond acceptors (Lipinski definition) is 4. The number of aryl methyl sites for hydroxylation is 1. The Balaban J connectivity index is 1.63. The molecule has 156 valence electrons. The summed E-state index contributed by atoms with van der Waals surface area (Å²) in [6, 6.07) is 15.6. The molecular weight excluding hydrogens is 398 g/mol. The van der Waals surface area contributed by atoms with Crippen LogP contribution in [0.15, 0.2) is 54.2 Å². The van der Waals surface area contributed by atoms with Gasteiger partial charge in [0.1, 0.15) is 5.70 Å². The molecule has 5 nitrogen and oxygen atoms in total. The maximum atomic E-state index is 13.2. The molecule has 1 fully saturated rings. The highest BCUT2D eigenvalue weighted by Gasteiger charge is 2.41. The van der Waals surface area contributed by atoms with Gasteiger partial charge in [0.05, 0.1) is 5.57 Å². The highest BCUT2D eigenvalue weighted by molar-refractivity contribution is 6.36. The Morgan fingerprint density at radius 1 is 0.900 bits per heavy atom. The van der Waals surface area contributed by atoms with Gasteiger partial charge in [-0.1, -0.05) is 42.8 Å². The molecule has 6 heteroatoms. The van der Waals surface area contributed by atoms with Crippen LogP contribution in [0.25, 0.3) is 5.57 Å². The summed E-state index contributed by atoms with van der Waals surface area (Å²) in [5.41, 5.74) is 4.19. The normalized spacial score (nSPS) is 17.4. The Morgan fingerprint density at radius 2 is 1.57 bits per heavy atom. The maximum Gasteiger partial charge on any atom is 0.277 e. The molecule has 1 saturated heterocycles. The zero-order chi connectivity index (χ0) is 21.3. The molecule has 0 atom stereocenters. The predicted octanol–water partition coefficient (Wildman–Crippen LogP) is 3.96. The number of amides is 2. The number of piperazine rings is 1. The minimum atomic E-state index is -0.208. The average molecular weight is 424 g/mol. The molecule has 2 amide bonds. The van der Waals surface area contributed by atoms with Crippen molar-refractivity contribution >= 4 is 34.7 Å². The Kier molecular flexibility index (Phi) is 5.82. The number of rotatable bonds is 5. The SMILES string of the molecule is CCCN1C(=O)C(c2ccc(Cl)cc2)=C(N2CCN(c3cccc(C)c3)CC2)C1=O. The minimum Gasteiger partial charge on any atom is -0.368 e. The fourth-order valence-corrected chi connectivity index (χ4v) is 4.30. The molecule has 0 radical (unpaired) electrons. The molecule has 30 heavy (non-hydrogen) atoms. The standard InChI is InChI=1S/C24H26ClN3O2/c1-3-11-28-23(29)21(18-7-9-19(25)10-8-18)22(24(28)30)27-14-12-26(13-15-27)20-6-4-5-17(2)16-20/h4-10,16H,3,11-15H2,1-2H3. The molecular formula is C24H26ClN3O2. The van der Waals surface area contributed by atoms with E-state index in [1.807, 2.05) is 19.1 Å². The van der Waals surface area contributed by atoms with Crippen LogP contribution in [0.5, 0.6) is 0 Å². The van der Waals surface area contributed by atoms with Crippen molar-refractivity contribution in [3.05, 3.63) is 70.4 Å². The maximum absolute atomic E-state index is 13.2. The molecule has 2 aromatic rings. The van der Waals surface area contributed by atoms with Gasteiger partial charge in [0.25, 0.3) is 11.8 Å². The van der Waals surface area contributed by atoms with Gasteiger partial charge < -0.3 is 9.80 Å². The minimum absolute atomic E-state index is 0.184. The summed E-state index contributed by atoms with van der Waals surface area (Å²) in [6.07, 6.45) is 0.736. The van der Waals surface area contributed by atoms with Crippen LogP contribution in [0.1, 0.15) is 24.5 Å². The molecule has 0 unspecified atom stereocenters. The second-order valence-electron chi connectivity index (χ2n) is 7.81. The summed E-state index contributed by atoms with van der Waals surface area (Å²) in [4.78, 5) is 32.1. The van der Waals surface area contributed by atoms with E-state index in [9.17, 15) is 9.59 Å². The number of carbonyl (C=O) groups excluding carboxylic acids is 2. The smallest absolute Gasteiger partial charge is 0.277 e. The third-order valence-corrected chi connectivity index (χ3v) is 5.94. The van der Waals surface area contributed by atoms with E-state index in [2.05, 4.69) is 41.0 Å². The first-order chi connectivity index (χ1) is 14.5. The van der Waals surface area contributed by atoms with E-state index in [1.54, 1.807) is 12.1 Å². The van der Waals surface area contributed by atoms with E-state index in [-0.39, 0.29) is 11.8 Å². The number of benzene rings is 2. The van der Waals surface area contributed by atoms with Crippen molar-refractivity contribution in [2.24, 2.45) is 0 Å². The van der Waals surface area contributed by atoms with Gasteiger partial charge in [-0.3, -0.25) is 14.5 Å². The molecule has 0 N–H and O–H groups in total. The van der Waals surface area contributed by atoms with Gasteiger partial charge in [-0.15, -0.1) is 0 Å². The molecule has 2 aliphatic rings. The quantitative estimate of drug-likeness (QED) is 0.683. The lowest BCUT2D eigenvalue weighted by atomic mass is 10.0. The summed E-state index contributed by atoms with van der Waals surface area (Å²) >= 11 is 6.04. The number of carbonyl (C=O) groups is 2. The number of imide groups is 1. The van der Waals surface area contributed by atoms with E-state index >= 15 is 0 Å². The summed E-state index contributed by atoms with van der Waals surface area (Å²) in [5, 5.41) is 0.606.